The van der Waals surface area contributed by atoms with Crippen molar-refractivity contribution in [2.75, 3.05) is 12.4 Å². The van der Waals surface area contributed by atoms with E-state index in [2.05, 4.69) is 10.1 Å². The first-order chi connectivity index (χ1) is 7.13. The summed E-state index contributed by atoms with van der Waals surface area (Å²) in [6.07, 6.45) is 1.53. The number of carbonyl (C=O) groups excluding carboxylic acids is 1. The average Bonchev–Trinajstić information content (AvgIpc) is 2.25. The molecule has 0 aliphatic carbocycles. The number of aromatic hydroxyl groups is 1. The summed E-state index contributed by atoms with van der Waals surface area (Å²) >= 11 is 0. The van der Waals surface area contributed by atoms with Crippen LogP contribution in [0.3, 0.4) is 0 Å². The Hall–Kier alpha value is -1.97. The summed E-state index contributed by atoms with van der Waals surface area (Å²) in [6, 6.07) is 6.61. The van der Waals surface area contributed by atoms with Crippen LogP contribution in [0.5, 0.6) is 5.75 Å². The van der Waals surface area contributed by atoms with Gasteiger partial charge in [0.2, 0.25) is 0 Å². The van der Waals surface area contributed by atoms with Gasteiger partial charge >= 0.3 is 5.97 Å². The molecule has 80 valence electrons. The zero-order chi connectivity index (χ0) is 11.3. The van der Waals surface area contributed by atoms with Crippen LogP contribution in [-0.2, 0) is 9.53 Å². The van der Waals surface area contributed by atoms with E-state index in [0.717, 1.165) is 0 Å². The number of nitrogens with one attached hydrogen (secondary N) is 1. The van der Waals surface area contributed by atoms with Gasteiger partial charge in [-0.05, 0) is 19.1 Å². The third kappa shape index (κ3) is 3.34. The summed E-state index contributed by atoms with van der Waals surface area (Å²) in [5, 5.41) is 12.1. The quantitative estimate of drug-likeness (QED) is 0.587. The van der Waals surface area contributed by atoms with Gasteiger partial charge in [-0.1, -0.05) is 6.07 Å². The monoisotopic (exact) mass is 207 g/mol. The number of benzene rings is 1. The summed E-state index contributed by atoms with van der Waals surface area (Å²) in [6.45, 7) is 1.64. The number of methoxy groups -OCH3 is 1. The first-order valence-corrected chi connectivity index (χ1v) is 4.44. The number of anilines is 1. The van der Waals surface area contributed by atoms with Gasteiger partial charge in [-0.25, -0.2) is 4.79 Å². The predicted molar refractivity (Wildman–Crippen MR) is 57.5 cm³/mol. The van der Waals surface area contributed by atoms with Gasteiger partial charge in [0.05, 0.1) is 12.7 Å². The van der Waals surface area contributed by atoms with Crippen molar-refractivity contribution in [2.45, 2.75) is 6.92 Å². The molecule has 2 N–H and O–H groups in total. The molecule has 0 fully saturated rings. The Bertz CT molecular complexity index is 385. The number of rotatable bonds is 3. The molecule has 0 radical (unpaired) electrons. The smallest absolute Gasteiger partial charge is 0.334 e. The lowest BCUT2D eigenvalue weighted by atomic mass is 10.3. The minimum Gasteiger partial charge on any atom is -0.508 e. The lowest BCUT2D eigenvalue weighted by Crippen LogP contribution is -2.03. The fourth-order valence-corrected chi connectivity index (χ4v) is 1.01. The van der Waals surface area contributed by atoms with E-state index in [1.54, 1.807) is 31.2 Å². The van der Waals surface area contributed by atoms with Gasteiger partial charge in [-0.15, -0.1) is 0 Å². The van der Waals surface area contributed by atoms with Crippen LogP contribution in [-0.4, -0.2) is 18.2 Å². The van der Waals surface area contributed by atoms with E-state index in [4.69, 9.17) is 0 Å². The molecule has 1 rings (SSSR count). The van der Waals surface area contributed by atoms with Gasteiger partial charge in [-0.3, -0.25) is 0 Å². The highest BCUT2D eigenvalue weighted by molar-refractivity contribution is 5.88. The molecule has 0 amide bonds. The van der Waals surface area contributed by atoms with E-state index in [-0.39, 0.29) is 11.7 Å². The number of esters is 1. The molecule has 0 bridgehead atoms. The molecule has 0 aliphatic heterocycles. The summed E-state index contributed by atoms with van der Waals surface area (Å²) in [7, 11) is 1.33. The summed E-state index contributed by atoms with van der Waals surface area (Å²) in [5.74, 6) is -0.216. The predicted octanol–water partition coefficient (Wildman–Crippen LogP) is 1.88. The molecule has 0 spiro atoms. The van der Waals surface area contributed by atoms with Gasteiger partial charge in [-0.2, -0.15) is 0 Å². The molecule has 0 saturated carbocycles. The van der Waals surface area contributed by atoms with Crippen LogP contribution < -0.4 is 5.32 Å². The van der Waals surface area contributed by atoms with Gasteiger partial charge in [0.25, 0.3) is 0 Å². The standard InChI is InChI=1S/C11H13NO3/c1-8(11(14)15-2)7-12-9-4-3-5-10(13)6-9/h3-7,12-13H,1-2H3/b8-7+. The van der Waals surface area contributed by atoms with Crippen molar-refractivity contribution in [2.24, 2.45) is 0 Å². The van der Waals surface area contributed by atoms with Crippen LogP contribution in [0.4, 0.5) is 5.69 Å². The maximum atomic E-state index is 11.0. The second-order valence-electron chi connectivity index (χ2n) is 3.01. The Morgan fingerprint density at radius 3 is 2.87 bits per heavy atom. The fourth-order valence-electron chi connectivity index (χ4n) is 1.01. The highest BCUT2D eigenvalue weighted by Gasteiger charge is 2.01. The van der Waals surface area contributed by atoms with Crippen LogP contribution in [0.25, 0.3) is 0 Å². The minimum atomic E-state index is -0.386. The first-order valence-electron chi connectivity index (χ1n) is 4.44. The normalized spacial score (nSPS) is 10.9. The second-order valence-corrected chi connectivity index (χ2v) is 3.01. The lowest BCUT2D eigenvalue weighted by Gasteiger charge is -2.03. The van der Waals surface area contributed by atoms with Crippen molar-refractivity contribution in [3.63, 3.8) is 0 Å². The van der Waals surface area contributed by atoms with Gasteiger partial charge in [0.15, 0.2) is 0 Å². The van der Waals surface area contributed by atoms with Crippen LogP contribution in [0.1, 0.15) is 6.92 Å². The molecule has 4 nitrogen and oxygen atoms in total. The maximum Gasteiger partial charge on any atom is 0.334 e. The topological polar surface area (TPSA) is 58.6 Å². The largest absolute Gasteiger partial charge is 0.508 e. The van der Waals surface area contributed by atoms with E-state index in [9.17, 15) is 9.90 Å². The molecule has 1 aromatic rings. The molecule has 0 saturated heterocycles. The van der Waals surface area contributed by atoms with Crippen LogP contribution >= 0.6 is 0 Å². The second kappa shape index (κ2) is 5.05. The van der Waals surface area contributed by atoms with Crippen molar-refractivity contribution >= 4 is 11.7 Å². The molecule has 0 aromatic heterocycles. The Morgan fingerprint density at radius 1 is 1.53 bits per heavy atom. The third-order valence-corrected chi connectivity index (χ3v) is 1.81. The van der Waals surface area contributed by atoms with Crippen molar-refractivity contribution < 1.29 is 14.6 Å². The van der Waals surface area contributed by atoms with Gasteiger partial charge < -0.3 is 15.2 Å². The summed E-state index contributed by atoms with van der Waals surface area (Å²) in [4.78, 5) is 11.0. The van der Waals surface area contributed by atoms with Crippen molar-refractivity contribution in [3.05, 3.63) is 36.0 Å². The summed E-state index contributed by atoms with van der Waals surface area (Å²) < 4.78 is 4.53. The van der Waals surface area contributed by atoms with E-state index in [0.29, 0.717) is 11.3 Å². The minimum absolute atomic E-state index is 0.170. The highest BCUT2D eigenvalue weighted by Crippen LogP contribution is 2.15. The number of hydrogen-bond donors (Lipinski definition) is 2. The molecule has 0 heterocycles. The molecule has 0 aliphatic rings. The van der Waals surface area contributed by atoms with Crippen LogP contribution in [0, 0.1) is 0 Å². The van der Waals surface area contributed by atoms with E-state index in [1.165, 1.54) is 13.3 Å². The zero-order valence-corrected chi connectivity index (χ0v) is 8.65. The number of carbonyl (C=O) groups is 1. The molecule has 4 heteroatoms. The molecule has 0 atom stereocenters. The number of hydrogen-bond acceptors (Lipinski definition) is 4. The fraction of sp³-hybridized carbons (Fsp3) is 0.182. The molecule has 1 aromatic carbocycles. The zero-order valence-electron chi connectivity index (χ0n) is 8.65. The number of phenols is 1. The van der Waals surface area contributed by atoms with Crippen LogP contribution in [0.15, 0.2) is 36.0 Å². The molecular weight excluding hydrogens is 194 g/mol. The molecular formula is C11H13NO3. The highest BCUT2D eigenvalue weighted by atomic mass is 16.5. The Labute approximate surface area is 88.2 Å². The Kier molecular flexibility index (Phi) is 3.74. The number of ether oxygens (including phenoxy) is 1. The van der Waals surface area contributed by atoms with Crippen LogP contribution in [0.2, 0.25) is 0 Å². The van der Waals surface area contributed by atoms with Gasteiger partial charge in [0.1, 0.15) is 5.75 Å². The van der Waals surface area contributed by atoms with Crippen molar-refractivity contribution in [3.8, 4) is 5.75 Å². The average molecular weight is 207 g/mol. The SMILES string of the molecule is COC(=O)/C(C)=C/Nc1cccc(O)c1. The van der Waals surface area contributed by atoms with E-state index < -0.39 is 0 Å². The number of phenolic OH excluding ortho intramolecular Hbond substituents is 1. The van der Waals surface area contributed by atoms with E-state index in [1.807, 2.05) is 0 Å². The Balaban J connectivity index is 2.67. The summed E-state index contributed by atoms with van der Waals surface area (Å²) in [5.41, 5.74) is 1.17. The third-order valence-electron chi connectivity index (χ3n) is 1.81. The first kappa shape index (κ1) is 11.1. The van der Waals surface area contributed by atoms with E-state index >= 15 is 0 Å². The van der Waals surface area contributed by atoms with Crippen molar-refractivity contribution in [1.82, 2.24) is 0 Å². The maximum absolute atomic E-state index is 11.0. The lowest BCUT2D eigenvalue weighted by molar-refractivity contribution is -0.136. The Morgan fingerprint density at radius 2 is 2.27 bits per heavy atom. The van der Waals surface area contributed by atoms with Gasteiger partial charge in [0, 0.05) is 18.0 Å². The van der Waals surface area contributed by atoms with Crippen molar-refractivity contribution in [1.29, 1.82) is 0 Å². The molecule has 15 heavy (non-hydrogen) atoms. The molecule has 0 unspecified atom stereocenters.